The maximum Gasteiger partial charge on any atom is 0.164 e. The van der Waals surface area contributed by atoms with Gasteiger partial charge in [0.25, 0.3) is 0 Å². The summed E-state index contributed by atoms with van der Waals surface area (Å²) < 4.78 is 4.00. The van der Waals surface area contributed by atoms with Crippen LogP contribution in [0.25, 0.3) is 0 Å². The van der Waals surface area contributed by atoms with Crippen molar-refractivity contribution in [2.24, 2.45) is 7.05 Å². The Hall–Kier alpha value is -1.62. The van der Waals surface area contributed by atoms with Gasteiger partial charge in [-0.25, -0.2) is 4.98 Å². The van der Waals surface area contributed by atoms with Gasteiger partial charge in [-0.15, -0.1) is 0 Å². The summed E-state index contributed by atoms with van der Waals surface area (Å²) in [5, 5.41) is 7.58. The maximum absolute atomic E-state index is 4.22. The lowest BCUT2D eigenvalue weighted by atomic mass is 10.4. The topological polar surface area (TPSA) is 47.7 Å². The quantitative estimate of drug-likeness (QED) is 0.818. The van der Waals surface area contributed by atoms with E-state index in [4.69, 9.17) is 0 Å². The summed E-state index contributed by atoms with van der Waals surface area (Å²) in [4.78, 5) is 4.18. The zero-order valence-corrected chi connectivity index (χ0v) is 10.4. The third-order valence-electron chi connectivity index (χ3n) is 2.62. The molecule has 2 rings (SSSR count). The summed E-state index contributed by atoms with van der Waals surface area (Å²) in [6.45, 7) is 4.82. The lowest BCUT2D eigenvalue weighted by Gasteiger charge is -2.08. The van der Waals surface area contributed by atoms with Crippen LogP contribution in [0.1, 0.15) is 24.9 Å². The molecule has 0 bridgehead atoms. The van der Waals surface area contributed by atoms with E-state index in [9.17, 15) is 0 Å². The van der Waals surface area contributed by atoms with Crippen LogP contribution < -0.4 is 5.32 Å². The van der Waals surface area contributed by atoms with Crippen molar-refractivity contribution in [1.82, 2.24) is 24.6 Å². The Morgan fingerprint density at radius 3 is 2.94 bits per heavy atom. The molecule has 0 spiro atoms. The van der Waals surface area contributed by atoms with E-state index in [1.807, 2.05) is 7.05 Å². The first-order valence-electron chi connectivity index (χ1n) is 5.99. The normalized spacial score (nSPS) is 10.9. The molecule has 5 heteroatoms. The van der Waals surface area contributed by atoms with Crippen LogP contribution in [0.4, 0.5) is 0 Å². The number of hydrogen-bond donors (Lipinski definition) is 1. The molecule has 1 N–H and O–H groups in total. The van der Waals surface area contributed by atoms with Crippen molar-refractivity contribution in [3.63, 3.8) is 0 Å². The number of nitrogens with one attached hydrogen (secondary N) is 1. The fourth-order valence-electron chi connectivity index (χ4n) is 1.84. The van der Waals surface area contributed by atoms with E-state index < -0.39 is 0 Å². The highest BCUT2D eigenvalue weighted by atomic mass is 15.3. The predicted molar refractivity (Wildman–Crippen MR) is 66.3 cm³/mol. The predicted octanol–water partition coefficient (Wildman–Crippen LogP) is 1.32. The molecule has 17 heavy (non-hydrogen) atoms. The highest BCUT2D eigenvalue weighted by molar-refractivity contribution is 5.06. The van der Waals surface area contributed by atoms with Crippen LogP contribution in [0.2, 0.25) is 0 Å². The molecule has 0 radical (unpaired) electrons. The van der Waals surface area contributed by atoms with Gasteiger partial charge in [-0.2, -0.15) is 5.10 Å². The number of aromatic nitrogens is 4. The maximum atomic E-state index is 4.22. The summed E-state index contributed by atoms with van der Waals surface area (Å²) in [5.41, 5.74) is 1.31. The molecule has 2 heterocycles. The molecule has 2 aromatic rings. The third-order valence-corrected chi connectivity index (χ3v) is 2.62. The van der Waals surface area contributed by atoms with Crippen molar-refractivity contribution in [1.29, 1.82) is 0 Å². The zero-order valence-electron chi connectivity index (χ0n) is 10.4. The zero-order chi connectivity index (χ0) is 12.1. The van der Waals surface area contributed by atoms with Crippen molar-refractivity contribution >= 4 is 0 Å². The van der Waals surface area contributed by atoms with Gasteiger partial charge in [-0.3, -0.25) is 4.68 Å². The van der Waals surface area contributed by atoms with Gasteiger partial charge in [0.05, 0.1) is 6.54 Å². The van der Waals surface area contributed by atoms with E-state index in [1.165, 1.54) is 5.69 Å². The van der Waals surface area contributed by atoms with Gasteiger partial charge in [0.15, 0.2) is 5.82 Å². The van der Waals surface area contributed by atoms with E-state index in [0.29, 0.717) is 6.54 Å². The van der Waals surface area contributed by atoms with Gasteiger partial charge < -0.3 is 9.88 Å². The Balaban J connectivity index is 1.83. The van der Waals surface area contributed by atoms with Crippen molar-refractivity contribution in [2.75, 3.05) is 0 Å². The van der Waals surface area contributed by atoms with Crippen LogP contribution in [-0.2, 0) is 26.7 Å². The standard InChI is InChI=1S/C12H19N5/c1-3-6-17-7-4-5-11(17)8-13-9-12-14-10-16(2)15-12/h4-5,7,10,13H,3,6,8-9H2,1-2H3. The van der Waals surface area contributed by atoms with E-state index >= 15 is 0 Å². The molecule has 0 aliphatic rings. The lowest BCUT2D eigenvalue weighted by molar-refractivity contribution is 0.590. The molecule has 0 atom stereocenters. The van der Waals surface area contributed by atoms with Crippen molar-refractivity contribution in [2.45, 2.75) is 33.0 Å². The van der Waals surface area contributed by atoms with Crippen LogP contribution in [0, 0.1) is 0 Å². The van der Waals surface area contributed by atoms with E-state index in [2.05, 4.69) is 45.2 Å². The fraction of sp³-hybridized carbons (Fsp3) is 0.500. The molecule has 0 aromatic carbocycles. The van der Waals surface area contributed by atoms with Crippen LogP contribution in [0.5, 0.6) is 0 Å². The molecule has 2 aromatic heterocycles. The monoisotopic (exact) mass is 233 g/mol. The fourth-order valence-corrected chi connectivity index (χ4v) is 1.84. The third kappa shape index (κ3) is 3.17. The second kappa shape index (κ2) is 5.63. The number of hydrogen-bond acceptors (Lipinski definition) is 3. The highest BCUT2D eigenvalue weighted by Gasteiger charge is 2.01. The molecule has 0 saturated carbocycles. The van der Waals surface area contributed by atoms with Gasteiger partial charge >= 0.3 is 0 Å². The first-order valence-corrected chi connectivity index (χ1v) is 5.99. The lowest BCUT2D eigenvalue weighted by Crippen LogP contribution is -2.16. The largest absolute Gasteiger partial charge is 0.350 e. The van der Waals surface area contributed by atoms with E-state index in [0.717, 1.165) is 25.3 Å². The summed E-state index contributed by atoms with van der Waals surface area (Å²) in [7, 11) is 1.88. The Morgan fingerprint density at radius 2 is 2.24 bits per heavy atom. The summed E-state index contributed by atoms with van der Waals surface area (Å²) >= 11 is 0. The Labute approximate surface area is 101 Å². The van der Waals surface area contributed by atoms with Gasteiger partial charge in [0.1, 0.15) is 6.33 Å². The first-order chi connectivity index (χ1) is 8.29. The minimum atomic E-state index is 0.706. The van der Waals surface area contributed by atoms with E-state index in [-0.39, 0.29) is 0 Å². The van der Waals surface area contributed by atoms with Crippen LogP contribution in [0.3, 0.4) is 0 Å². The second-order valence-corrected chi connectivity index (χ2v) is 4.13. The van der Waals surface area contributed by atoms with Gasteiger partial charge in [-0.05, 0) is 18.6 Å². The Kier molecular flexibility index (Phi) is 3.93. The average Bonchev–Trinajstić information content (AvgIpc) is 2.90. The van der Waals surface area contributed by atoms with Crippen molar-refractivity contribution < 1.29 is 0 Å². The molecule has 5 nitrogen and oxygen atoms in total. The SMILES string of the molecule is CCCn1cccc1CNCc1ncn(C)n1. The number of aryl methyl sites for hydroxylation is 2. The van der Waals surface area contributed by atoms with Crippen molar-refractivity contribution in [3.8, 4) is 0 Å². The smallest absolute Gasteiger partial charge is 0.164 e. The van der Waals surface area contributed by atoms with Crippen LogP contribution >= 0.6 is 0 Å². The second-order valence-electron chi connectivity index (χ2n) is 4.13. The molecule has 0 aliphatic heterocycles. The van der Waals surface area contributed by atoms with Crippen molar-refractivity contribution in [3.05, 3.63) is 36.2 Å². The molecular formula is C12H19N5. The van der Waals surface area contributed by atoms with Gasteiger partial charge in [0.2, 0.25) is 0 Å². The summed E-state index contributed by atoms with van der Waals surface area (Å²) in [5.74, 6) is 0.834. The first kappa shape index (κ1) is 11.9. The average molecular weight is 233 g/mol. The summed E-state index contributed by atoms with van der Waals surface area (Å²) in [6.07, 6.45) is 5.00. The number of nitrogens with zero attached hydrogens (tertiary/aromatic N) is 4. The highest BCUT2D eigenvalue weighted by Crippen LogP contribution is 2.03. The molecule has 92 valence electrons. The Morgan fingerprint density at radius 1 is 1.35 bits per heavy atom. The molecule has 0 aliphatic carbocycles. The molecular weight excluding hydrogens is 214 g/mol. The Bertz CT molecular complexity index is 457. The number of rotatable bonds is 6. The minimum absolute atomic E-state index is 0.706. The summed E-state index contributed by atoms with van der Waals surface area (Å²) in [6, 6.07) is 4.24. The molecule has 0 amide bonds. The molecule has 0 saturated heterocycles. The molecule has 0 fully saturated rings. The van der Waals surface area contributed by atoms with Crippen LogP contribution in [0.15, 0.2) is 24.7 Å². The van der Waals surface area contributed by atoms with Crippen LogP contribution in [-0.4, -0.2) is 19.3 Å². The molecule has 0 unspecified atom stereocenters. The van der Waals surface area contributed by atoms with Gasteiger partial charge in [0, 0.05) is 32.0 Å². The van der Waals surface area contributed by atoms with E-state index in [1.54, 1.807) is 11.0 Å². The van der Waals surface area contributed by atoms with Gasteiger partial charge in [-0.1, -0.05) is 6.92 Å². The minimum Gasteiger partial charge on any atom is -0.350 e.